The maximum atomic E-state index is 13.3. The number of hydrogen-bond acceptors (Lipinski definition) is 1. The molecule has 1 N–H and O–H groups in total. The topological polar surface area (TPSA) is 34.0 Å². The number of nitrogens with one attached hydrogen (secondary N) is 1. The first-order valence-electron chi connectivity index (χ1n) is 13.6. The maximum Gasteiger partial charge on any atom is 0.253 e. The van der Waals surface area contributed by atoms with Gasteiger partial charge < -0.3 is 9.88 Å². The smallest absolute Gasteiger partial charge is 0.253 e. The average Bonchev–Trinajstić information content (AvgIpc) is 3.14. The second-order valence-electron chi connectivity index (χ2n) is 10.6. The Balaban J connectivity index is 0.00000103. The summed E-state index contributed by atoms with van der Waals surface area (Å²) in [6.45, 7) is 11.6. The highest BCUT2D eigenvalue weighted by molar-refractivity contribution is 6.31. The highest BCUT2D eigenvalue weighted by atomic mass is 35.5. The third kappa shape index (κ3) is 6.68. The molecule has 1 aromatic carbocycles. The Morgan fingerprint density at radius 2 is 1.50 bits per heavy atom. The molecule has 188 valence electrons. The van der Waals surface area contributed by atoms with E-state index in [1.54, 1.807) is 0 Å². The van der Waals surface area contributed by atoms with Gasteiger partial charge in [-0.1, -0.05) is 76.5 Å². The summed E-state index contributed by atoms with van der Waals surface area (Å²) in [6, 6.07) is 6.68. The van der Waals surface area contributed by atoms with E-state index < -0.39 is 0 Å². The van der Waals surface area contributed by atoms with Gasteiger partial charge in [0.25, 0.3) is 5.91 Å². The molecule has 34 heavy (non-hydrogen) atoms. The third-order valence-electron chi connectivity index (χ3n) is 7.50. The number of aromatic nitrogens is 1. The lowest BCUT2D eigenvalue weighted by atomic mass is 9.89. The molecule has 0 spiro atoms. The van der Waals surface area contributed by atoms with Crippen LogP contribution in [0.3, 0.4) is 0 Å². The molecule has 1 aromatic heterocycles. The Bertz CT molecular complexity index is 949. The van der Waals surface area contributed by atoms with Crippen molar-refractivity contribution in [3.8, 4) is 11.3 Å². The van der Waals surface area contributed by atoms with Crippen LogP contribution in [0.2, 0.25) is 5.02 Å². The number of carbonyl (C=O) groups excluding carboxylic acids is 1. The van der Waals surface area contributed by atoms with Gasteiger partial charge in [0.2, 0.25) is 0 Å². The average molecular weight is 485 g/mol. The Kier molecular flexibility index (Phi) is 10.1. The van der Waals surface area contributed by atoms with Crippen molar-refractivity contribution in [1.29, 1.82) is 0 Å². The zero-order valence-electron chi connectivity index (χ0n) is 22.1. The van der Waals surface area contributed by atoms with Gasteiger partial charge in [0.15, 0.2) is 0 Å². The molecule has 1 amide bonds. The van der Waals surface area contributed by atoms with Crippen LogP contribution in [-0.2, 0) is 6.54 Å². The fourth-order valence-electron chi connectivity index (χ4n) is 5.57. The maximum absolute atomic E-state index is 13.3. The Hall–Kier alpha value is -1.74. The standard InChI is InChI=1S/C27H37ClN2O.C3H8/c1-18-14-19(2)25(28)15-23(18)26-16-24(27(31)29-22-12-8-5-9-13-22)20(3)30(26)17-21-10-6-4-7-11-21;1-3-2/h14-16,21-22H,4-13,17H2,1-3H3,(H,29,31);3H2,1-2H3. The van der Waals surface area contributed by atoms with Gasteiger partial charge in [-0.15, -0.1) is 0 Å². The number of nitrogens with zero attached hydrogens (tertiary/aromatic N) is 1. The molecular formula is C30H45ClN2O. The van der Waals surface area contributed by atoms with Crippen molar-refractivity contribution in [3.05, 3.63) is 45.6 Å². The highest BCUT2D eigenvalue weighted by Gasteiger charge is 2.25. The van der Waals surface area contributed by atoms with E-state index in [-0.39, 0.29) is 5.91 Å². The van der Waals surface area contributed by atoms with Gasteiger partial charge in [-0.25, -0.2) is 0 Å². The molecule has 0 radical (unpaired) electrons. The van der Waals surface area contributed by atoms with Crippen LogP contribution in [-0.4, -0.2) is 16.5 Å². The first-order chi connectivity index (χ1) is 16.3. The third-order valence-corrected chi connectivity index (χ3v) is 7.91. The van der Waals surface area contributed by atoms with Crippen LogP contribution in [0.5, 0.6) is 0 Å². The fraction of sp³-hybridized carbons (Fsp3) is 0.633. The molecule has 2 saturated carbocycles. The van der Waals surface area contributed by atoms with Crippen LogP contribution < -0.4 is 5.32 Å². The summed E-state index contributed by atoms with van der Waals surface area (Å²) in [5.41, 5.74) is 6.50. The summed E-state index contributed by atoms with van der Waals surface area (Å²) in [4.78, 5) is 13.3. The predicted octanol–water partition coefficient (Wildman–Crippen LogP) is 8.79. The van der Waals surface area contributed by atoms with E-state index in [9.17, 15) is 4.79 Å². The van der Waals surface area contributed by atoms with Crippen molar-refractivity contribution < 1.29 is 4.79 Å². The number of benzene rings is 1. The summed E-state index contributed by atoms with van der Waals surface area (Å²) in [6.07, 6.45) is 13.8. The number of amides is 1. The van der Waals surface area contributed by atoms with Gasteiger partial charge in [0.1, 0.15) is 0 Å². The Morgan fingerprint density at radius 3 is 2.12 bits per heavy atom. The number of aryl methyl sites for hydroxylation is 2. The molecule has 3 nitrogen and oxygen atoms in total. The largest absolute Gasteiger partial charge is 0.349 e. The van der Waals surface area contributed by atoms with E-state index in [1.165, 1.54) is 63.4 Å². The summed E-state index contributed by atoms with van der Waals surface area (Å²) < 4.78 is 2.40. The normalized spacial score (nSPS) is 17.2. The molecular weight excluding hydrogens is 440 g/mol. The molecule has 0 saturated heterocycles. The van der Waals surface area contributed by atoms with Gasteiger partial charge in [-0.2, -0.15) is 0 Å². The van der Waals surface area contributed by atoms with Crippen molar-refractivity contribution in [2.75, 3.05) is 0 Å². The quantitative estimate of drug-likeness (QED) is 0.451. The molecule has 0 bridgehead atoms. The SMILES string of the molecule is CCC.Cc1cc(C)c(-c2cc(C(=O)NC3CCCCC3)c(C)n2CC2CCCCC2)cc1Cl. The van der Waals surface area contributed by atoms with Crippen LogP contribution >= 0.6 is 11.6 Å². The van der Waals surface area contributed by atoms with E-state index >= 15 is 0 Å². The lowest BCUT2D eigenvalue weighted by molar-refractivity contribution is 0.0927. The van der Waals surface area contributed by atoms with Crippen molar-refractivity contribution in [2.45, 2.75) is 118 Å². The summed E-state index contributed by atoms with van der Waals surface area (Å²) >= 11 is 6.53. The molecule has 0 atom stereocenters. The van der Waals surface area contributed by atoms with Gasteiger partial charge in [0, 0.05) is 34.6 Å². The molecule has 2 aromatic rings. The zero-order valence-corrected chi connectivity index (χ0v) is 22.9. The Labute approximate surface area is 212 Å². The molecule has 2 aliphatic carbocycles. The van der Waals surface area contributed by atoms with Crippen LogP contribution in [0, 0.1) is 26.7 Å². The molecule has 4 rings (SSSR count). The number of carbonyl (C=O) groups is 1. The minimum absolute atomic E-state index is 0.0869. The summed E-state index contributed by atoms with van der Waals surface area (Å²) in [5, 5.41) is 4.12. The minimum Gasteiger partial charge on any atom is -0.349 e. The number of rotatable bonds is 5. The predicted molar refractivity (Wildman–Crippen MR) is 146 cm³/mol. The van der Waals surface area contributed by atoms with Crippen molar-refractivity contribution in [1.82, 2.24) is 9.88 Å². The van der Waals surface area contributed by atoms with Crippen molar-refractivity contribution in [2.24, 2.45) is 5.92 Å². The van der Waals surface area contributed by atoms with Gasteiger partial charge in [0.05, 0.1) is 5.56 Å². The summed E-state index contributed by atoms with van der Waals surface area (Å²) in [7, 11) is 0. The summed E-state index contributed by atoms with van der Waals surface area (Å²) in [5.74, 6) is 0.776. The first-order valence-corrected chi connectivity index (χ1v) is 14.0. The van der Waals surface area contributed by atoms with Gasteiger partial charge >= 0.3 is 0 Å². The highest BCUT2D eigenvalue weighted by Crippen LogP contribution is 2.35. The van der Waals surface area contributed by atoms with Crippen LogP contribution in [0.4, 0.5) is 0 Å². The van der Waals surface area contributed by atoms with E-state index in [0.29, 0.717) is 12.0 Å². The van der Waals surface area contributed by atoms with Crippen molar-refractivity contribution in [3.63, 3.8) is 0 Å². The lowest BCUT2D eigenvalue weighted by Crippen LogP contribution is -2.36. The second kappa shape index (κ2) is 12.8. The fourth-order valence-corrected chi connectivity index (χ4v) is 5.74. The van der Waals surface area contributed by atoms with Gasteiger partial charge in [-0.3, -0.25) is 4.79 Å². The molecule has 0 unspecified atom stereocenters. The lowest BCUT2D eigenvalue weighted by Gasteiger charge is -2.25. The molecule has 2 fully saturated rings. The van der Waals surface area contributed by atoms with E-state index in [1.807, 2.05) is 0 Å². The number of halogens is 1. The minimum atomic E-state index is 0.0869. The zero-order chi connectivity index (χ0) is 24.7. The van der Waals surface area contributed by atoms with Crippen molar-refractivity contribution >= 4 is 17.5 Å². The number of hydrogen-bond donors (Lipinski definition) is 1. The molecule has 4 heteroatoms. The van der Waals surface area contributed by atoms with E-state index in [0.717, 1.165) is 52.5 Å². The van der Waals surface area contributed by atoms with Gasteiger partial charge in [-0.05, 0) is 75.6 Å². The van der Waals surface area contributed by atoms with E-state index in [2.05, 4.69) is 62.7 Å². The van der Waals surface area contributed by atoms with Crippen LogP contribution in [0.25, 0.3) is 11.3 Å². The first kappa shape index (κ1) is 26.9. The van der Waals surface area contributed by atoms with Crippen LogP contribution in [0.1, 0.15) is 112 Å². The van der Waals surface area contributed by atoms with E-state index in [4.69, 9.17) is 11.6 Å². The molecule has 0 aliphatic heterocycles. The Morgan fingerprint density at radius 1 is 0.912 bits per heavy atom. The molecule has 2 aliphatic rings. The monoisotopic (exact) mass is 484 g/mol. The second-order valence-corrected chi connectivity index (χ2v) is 11.0. The molecule has 1 heterocycles. The van der Waals surface area contributed by atoms with Crippen LogP contribution in [0.15, 0.2) is 18.2 Å².